The molecule has 8 nitrogen and oxygen atoms in total. The van der Waals surface area contributed by atoms with Gasteiger partial charge in [-0.3, -0.25) is 0 Å². The molecule has 0 saturated carbocycles. The largest absolute Gasteiger partial charge is 0.436 e. The molecule has 0 aliphatic rings. The molecule has 0 unspecified atom stereocenters. The first-order valence-corrected chi connectivity index (χ1v) is 20.0. The van der Waals surface area contributed by atoms with Gasteiger partial charge in [0.15, 0.2) is 22.3 Å². The second kappa shape index (κ2) is 12.7. The van der Waals surface area contributed by atoms with Crippen LogP contribution in [0.1, 0.15) is 105 Å². The molecule has 5 aromatic carbocycles. The SMILES string of the molecule is CC(C)(C)c1cc(-c2nc3cc4nc(-c5ccc(-c6nc7cc8nc(-c9cc(C(C)(C)C)cc(C(C)(C)C)c9)oc8cc7o6)cc5)oc4cc3o2)cc(C(C)(C)C)c1. The van der Waals surface area contributed by atoms with E-state index in [9.17, 15) is 0 Å². The lowest BCUT2D eigenvalue weighted by Gasteiger charge is -2.25. The Morgan fingerprint density at radius 3 is 0.776 bits per heavy atom. The molecule has 9 rings (SSSR count). The van der Waals surface area contributed by atoms with Crippen molar-refractivity contribution < 1.29 is 17.7 Å². The molecule has 0 radical (unpaired) electrons. The summed E-state index contributed by atoms with van der Waals surface area (Å²) >= 11 is 0. The lowest BCUT2D eigenvalue weighted by atomic mass is 9.79. The molecule has 0 amide bonds. The van der Waals surface area contributed by atoms with Crippen LogP contribution in [0, 0.1) is 0 Å². The highest BCUT2D eigenvalue weighted by atomic mass is 16.4. The van der Waals surface area contributed by atoms with E-state index in [4.69, 9.17) is 37.6 Å². The molecule has 4 heterocycles. The van der Waals surface area contributed by atoms with Crippen molar-refractivity contribution in [3.8, 4) is 45.8 Å². The Hall–Kier alpha value is -6.02. The van der Waals surface area contributed by atoms with Gasteiger partial charge in [-0.1, -0.05) is 95.2 Å². The van der Waals surface area contributed by atoms with Crippen LogP contribution in [0.15, 0.2) is 103 Å². The molecule has 0 aliphatic heterocycles. The van der Waals surface area contributed by atoms with Gasteiger partial charge in [-0.05, 0) is 105 Å². The van der Waals surface area contributed by atoms with Gasteiger partial charge in [0.25, 0.3) is 0 Å². The van der Waals surface area contributed by atoms with Crippen molar-refractivity contribution in [2.24, 2.45) is 0 Å². The minimum atomic E-state index is -0.0174. The van der Waals surface area contributed by atoms with Crippen molar-refractivity contribution >= 4 is 44.4 Å². The molecule has 0 bridgehead atoms. The van der Waals surface area contributed by atoms with Crippen LogP contribution < -0.4 is 0 Å². The second-order valence-corrected chi connectivity index (χ2v) is 19.8. The highest BCUT2D eigenvalue weighted by Crippen LogP contribution is 2.38. The van der Waals surface area contributed by atoms with Crippen LogP contribution in [0.3, 0.4) is 0 Å². The Labute approximate surface area is 338 Å². The molecule has 0 spiro atoms. The number of hydrogen-bond acceptors (Lipinski definition) is 8. The monoisotopic (exact) mass is 770 g/mol. The number of rotatable bonds is 4. The molecule has 8 heteroatoms. The van der Waals surface area contributed by atoms with E-state index in [1.165, 1.54) is 22.3 Å². The minimum Gasteiger partial charge on any atom is -0.436 e. The van der Waals surface area contributed by atoms with Gasteiger partial charge in [-0.15, -0.1) is 0 Å². The summed E-state index contributed by atoms with van der Waals surface area (Å²) in [5.41, 5.74) is 13.9. The number of aromatic nitrogens is 4. The van der Waals surface area contributed by atoms with Crippen LogP contribution >= 0.6 is 0 Å². The minimum absolute atomic E-state index is 0.0174. The fraction of sp³-hybridized carbons (Fsp3) is 0.320. The maximum absolute atomic E-state index is 6.35. The summed E-state index contributed by atoms with van der Waals surface area (Å²) in [5.74, 6) is 2.18. The summed E-state index contributed by atoms with van der Waals surface area (Å²) < 4.78 is 25.2. The van der Waals surface area contributed by atoms with E-state index in [-0.39, 0.29) is 21.7 Å². The van der Waals surface area contributed by atoms with Crippen molar-refractivity contribution in [1.29, 1.82) is 0 Å². The Bertz CT molecular complexity index is 2660. The molecule has 4 aromatic heterocycles. The van der Waals surface area contributed by atoms with Crippen LogP contribution in [0.4, 0.5) is 0 Å². The smallest absolute Gasteiger partial charge is 0.227 e. The fourth-order valence-electron chi connectivity index (χ4n) is 7.18. The standard InChI is InChI=1S/C50H50N4O4/c1-47(2,3)31-17-29(18-32(21-31)48(4,5)6)45-53-37-23-35-39(25-41(37)57-45)55-43(51-35)27-13-15-28(16-14-27)44-52-36-24-38-42(26-40(36)56-44)58-46(54-38)30-19-33(49(7,8)9)22-34(20-30)50(10,11)12/h13-26H,1-12H3. The van der Waals surface area contributed by atoms with Crippen LogP contribution in [0.25, 0.3) is 90.2 Å². The van der Waals surface area contributed by atoms with E-state index in [0.29, 0.717) is 56.9 Å². The number of benzene rings is 5. The molecular weight excluding hydrogens is 721 g/mol. The van der Waals surface area contributed by atoms with Gasteiger partial charge in [-0.2, -0.15) is 0 Å². The highest BCUT2D eigenvalue weighted by molar-refractivity contribution is 5.92. The summed E-state index contributed by atoms with van der Waals surface area (Å²) in [6, 6.07) is 28.8. The predicted molar refractivity (Wildman–Crippen MR) is 233 cm³/mol. The topological polar surface area (TPSA) is 104 Å². The molecule has 0 fully saturated rings. The average molecular weight is 771 g/mol. The van der Waals surface area contributed by atoms with Crippen molar-refractivity contribution in [2.45, 2.75) is 105 Å². The van der Waals surface area contributed by atoms with Gasteiger partial charge in [0.1, 0.15) is 22.1 Å². The van der Waals surface area contributed by atoms with Crippen LogP contribution in [-0.4, -0.2) is 19.9 Å². The number of oxazole rings is 4. The molecule has 9 aromatic rings. The van der Waals surface area contributed by atoms with E-state index >= 15 is 0 Å². The quantitative estimate of drug-likeness (QED) is 0.174. The zero-order chi connectivity index (χ0) is 41.1. The van der Waals surface area contributed by atoms with Gasteiger partial charge >= 0.3 is 0 Å². The van der Waals surface area contributed by atoms with Crippen LogP contribution in [0.5, 0.6) is 0 Å². The van der Waals surface area contributed by atoms with Crippen molar-refractivity contribution in [2.75, 3.05) is 0 Å². The van der Waals surface area contributed by atoms with Crippen molar-refractivity contribution in [3.05, 3.63) is 107 Å². The van der Waals surface area contributed by atoms with E-state index in [0.717, 1.165) is 33.3 Å². The lowest BCUT2D eigenvalue weighted by Crippen LogP contribution is -2.16. The lowest BCUT2D eigenvalue weighted by molar-refractivity contribution is 0.566. The Morgan fingerprint density at radius 1 is 0.293 bits per heavy atom. The van der Waals surface area contributed by atoms with Crippen LogP contribution in [0.2, 0.25) is 0 Å². The van der Waals surface area contributed by atoms with Gasteiger partial charge < -0.3 is 17.7 Å². The molecule has 0 N–H and O–H groups in total. The summed E-state index contributed by atoms with van der Waals surface area (Å²) in [4.78, 5) is 19.5. The summed E-state index contributed by atoms with van der Waals surface area (Å²) in [6.07, 6.45) is 0. The molecule has 0 aliphatic carbocycles. The van der Waals surface area contributed by atoms with E-state index < -0.39 is 0 Å². The molecule has 294 valence electrons. The predicted octanol–water partition coefficient (Wildman–Crippen LogP) is 14.1. The summed E-state index contributed by atoms with van der Waals surface area (Å²) in [5, 5.41) is 0. The molecule has 0 saturated heterocycles. The van der Waals surface area contributed by atoms with E-state index in [1.54, 1.807) is 0 Å². The van der Waals surface area contributed by atoms with Gasteiger partial charge in [0, 0.05) is 34.4 Å². The normalized spacial score (nSPS) is 13.2. The summed E-state index contributed by atoms with van der Waals surface area (Å²) in [6.45, 7) is 26.7. The number of hydrogen-bond donors (Lipinski definition) is 0. The third-order valence-electron chi connectivity index (χ3n) is 11.0. The molecule has 0 atom stereocenters. The second-order valence-electron chi connectivity index (χ2n) is 19.8. The number of fused-ring (bicyclic) bond motifs is 4. The van der Waals surface area contributed by atoms with Crippen LogP contribution in [-0.2, 0) is 21.7 Å². The first kappa shape index (κ1) is 37.6. The van der Waals surface area contributed by atoms with Gasteiger partial charge in [0.05, 0.1) is 0 Å². The average Bonchev–Trinajstić information content (AvgIpc) is 3.95. The summed E-state index contributed by atoms with van der Waals surface area (Å²) in [7, 11) is 0. The third kappa shape index (κ3) is 6.88. The number of nitrogens with zero attached hydrogens (tertiary/aromatic N) is 4. The molecular formula is C50H50N4O4. The van der Waals surface area contributed by atoms with E-state index in [2.05, 4.69) is 119 Å². The highest BCUT2D eigenvalue weighted by Gasteiger charge is 2.25. The molecule has 58 heavy (non-hydrogen) atoms. The van der Waals surface area contributed by atoms with Gasteiger partial charge in [0.2, 0.25) is 23.6 Å². The van der Waals surface area contributed by atoms with Gasteiger partial charge in [-0.25, -0.2) is 19.9 Å². The third-order valence-corrected chi connectivity index (χ3v) is 11.0. The first-order valence-electron chi connectivity index (χ1n) is 20.0. The van der Waals surface area contributed by atoms with Crippen molar-refractivity contribution in [3.63, 3.8) is 0 Å². The maximum atomic E-state index is 6.35. The Kier molecular flexibility index (Phi) is 8.25. The Morgan fingerprint density at radius 2 is 0.534 bits per heavy atom. The Balaban J connectivity index is 0.980. The zero-order valence-corrected chi connectivity index (χ0v) is 35.5. The zero-order valence-electron chi connectivity index (χ0n) is 35.5. The van der Waals surface area contributed by atoms with Crippen molar-refractivity contribution in [1.82, 2.24) is 19.9 Å². The van der Waals surface area contributed by atoms with E-state index in [1.807, 2.05) is 48.5 Å². The maximum Gasteiger partial charge on any atom is 0.227 e. The fourth-order valence-corrected chi connectivity index (χ4v) is 7.18. The first-order chi connectivity index (χ1) is 27.2.